The van der Waals surface area contributed by atoms with E-state index in [1.807, 2.05) is 4.90 Å². The second-order valence-electron chi connectivity index (χ2n) is 4.74. The number of carbonyl (C=O) groups is 2. The molecule has 1 fully saturated rings. The van der Waals surface area contributed by atoms with Crippen LogP contribution in [0.5, 0.6) is 0 Å². The first kappa shape index (κ1) is 15.9. The molecular weight excluding hydrogens is 250 g/mol. The summed E-state index contributed by atoms with van der Waals surface area (Å²) >= 11 is 0. The van der Waals surface area contributed by atoms with Gasteiger partial charge in [0.05, 0.1) is 33.4 Å². The molecule has 0 saturated heterocycles. The molecule has 6 heteroatoms. The van der Waals surface area contributed by atoms with E-state index < -0.39 is 0 Å². The number of hydrogen-bond donors (Lipinski definition) is 0. The van der Waals surface area contributed by atoms with Crippen molar-refractivity contribution < 1.29 is 23.8 Å². The van der Waals surface area contributed by atoms with E-state index in [2.05, 4.69) is 9.47 Å². The third-order valence-electron chi connectivity index (χ3n) is 3.57. The third kappa shape index (κ3) is 5.16. The highest BCUT2D eigenvalue weighted by Gasteiger charge is 2.29. The Kier molecular flexibility index (Phi) is 6.80. The van der Waals surface area contributed by atoms with Crippen LogP contribution in [0.4, 0.5) is 0 Å². The maximum Gasteiger partial charge on any atom is 0.319 e. The van der Waals surface area contributed by atoms with Gasteiger partial charge >= 0.3 is 11.9 Å². The van der Waals surface area contributed by atoms with Gasteiger partial charge in [-0.15, -0.1) is 0 Å². The van der Waals surface area contributed by atoms with Crippen LogP contribution in [0.3, 0.4) is 0 Å². The van der Waals surface area contributed by atoms with Crippen molar-refractivity contribution in [3.05, 3.63) is 0 Å². The minimum absolute atomic E-state index is 0.104. The van der Waals surface area contributed by atoms with Crippen LogP contribution in [0.15, 0.2) is 0 Å². The van der Waals surface area contributed by atoms with Crippen molar-refractivity contribution in [1.29, 1.82) is 0 Å². The van der Waals surface area contributed by atoms with Crippen molar-refractivity contribution in [3.8, 4) is 0 Å². The van der Waals surface area contributed by atoms with Gasteiger partial charge in [-0.25, -0.2) is 0 Å². The van der Waals surface area contributed by atoms with Crippen LogP contribution in [-0.4, -0.2) is 63.4 Å². The summed E-state index contributed by atoms with van der Waals surface area (Å²) in [5.74, 6) is -0.688. The van der Waals surface area contributed by atoms with Gasteiger partial charge < -0.3 is 14.2 Å². The van der Waals surface area contributed by atoms with Gasteiger partial charge in [-0.05, 0) is 25.7 Å². The molecule has 0 aliphatic heterocycles. The molecule has 1 rings (SSSR count). The van der Waals surface area contributed by atoms with Crippen molar-refractivity contribution in [2.24, 2.45) is 0 Å². The number of nitrogens with zero attached hydrogens (tertiary/aromatic N) is 1. The van der Waals surface area contributed by atoms with Gasteiger partial charge in [-0.2, -0.15) is 0 Å². The zero-order valence-corrected chi connectivity index (χ0v) is 11.9. The number of rotatable bonds is 6. The highest BCUT2D eigenvalue weighted by Crippen LogP contribution is 2.24. The highest BCUT2D eigenvalue weighted by atomic mass is 16.5. The van der Waals surface area contributed by atoms with E-state index in [4.69, 9.17) is 4.74 Å². The molecule has 6 nitrogen and oxygen atoms in total. The predicted octanol–water partition coefficient (Wildman–Crippen LogP) is 0.592. The molecule has 0 heterocycles. The molecule has 1 saturated carbocycles. The topological polar surface area (TPSA) is 65.1 Å². The van der Waals surface area contributed by atoms with Gasteiger partial charge in [0.2, 0.25) is 0 Å². The van der Waals surface area contributed by atoms with Crippen molar-refractivity contribution in [1.82, 2.24) is 4.90 Å². The summed E-state index contributed by atoms with van der Waals surface area (Å²) in [4.78, 5) is 24.7. The number of carbonyl (C=O) groups excluding carboxylic acids is 2. The first-order valence-corrected chi connectivity index (χ1v) is 6.51. The van der Waals surface area contributed by atoms with E-state index >= 15 is 0 Å². The SMILES string of the molecule is COC(=O)CN(CC(=O)OC)C1CCCC(OC)C1. The summed E-state index contributed by atoms with van der Waals surface area (Å²) in [5.41, 5.74) is 0. The lowest BCUT2D eigenvalue weighted by atomic mass is 9.91. The largest absolute Gasteiger partial charge is 0.468 e. The molecular formula is C13H23NO5. The fraction of sp³-hybridized carbons (Fsp3) is 0.846. The molecule has 2 unspecified atom stereocenters. The Labute approximate surface area is 114 Å². The molecule has 0 spiro atoms. The molecule has 0 radical (unpaired) electrons. The van der Waals surface area contributed by atoms with E-state index in [1.54, 1.807) is 7.11 Å². The van der Waals surface area contributed by atoms with Crippen LogP contribution in [0, 0.1) is 0 Å². The maximum absolute atomic E-state index is 11.4. The molecule has 1 aliphatic rings. The normalized spacial score (nSPS) is 23.2. The molecule has 110 valence electrons. The first-order valence-electron chi connectivity index (χ1n) is 6.51. The number of ether oxygens (including phenoxy) is 3. The van der Waals surface area contributed by atoms with Crippen LogP contribution in [0.1, 0.15) is 25.7 Å². The summed E-state index contributed by atoms with van der Waals surface area (Å²) in [6, 6.07) is 0.150. The Bertz CT molecular complexity index is 289. The standard InChI is InChI=1S/C13H23NO5/c1-17-11-6-4-5-10(7-11)14(8-12(15)18-2)9-13(16)19-3/h10-11H,4-9H2,1-3H3. The van der Waals surface area contributed by atoms with Crippen LogP contribution >= 0.6 is 0 Å². The Hall–Kier alpha value is -1.14. The van der Waals surface area contributed by atoms with Gasteiger partial charge in [-0.3, -0.25) is 14.5 Å². The summed E-state index contributed by atoms with van der Waals surface area (Å²) in [5, 5.41) is 0. The Balaban J connectivity index is 2.65. The van der Waals surface area contributed by atoms with Crippen molar-refractivity contribution >= 4 is 11.9 Å². The molecule has 0 bridgehead atoms. The van der Waals surface area contributed by atoms with E-state index in [9.17, 15) is 9.59 Å². The molecule has 1 aliphatic carbocycles. The van der Waals surface area contributed by atoms with Gasteiger partial charge in [0.1, 0.15) is 0 Å². The van der Waals surface area contributed by atoms with Gasteiger partial charge in [0.25, 0.3) is 0 Å². The quantitative estimate of drug-likeness (QED) is 0.660. The average molecular weight is 273 g/mol. The Morgan fingerprint density at radius 1 is 1.05 bits per heavy atom. The second kappa shape index (κ2) is 8.12. The number of hydrogen-bond acceptors (Lipinski definition) is 6. The number of esters is 2. The molecule has 0 aromatic heterocycles. The lowest BCUT2D eigenvalue weighted by Crippen LogP contribution is -2.46. The predicted molar refractivity (Wildman–Crippen MR) is 68.7 cm³/mol. The van der Waals surface area contributed by atoms with E-state index in [-0.39, 0.29) is 37.2 Å². The minimum Gasteiger partial charge on any atom is -0.468 e. The summed E-state index contributed by atoms with van der Waals surface area (Å²) < 4.78 is 14.7. The summed E-state index contributed by atoms with van der Waals surface area (Å²) in [6.07, 6.45) is 4.02. The molecule has 0 amide bonds. The van der Waals surface area contributed by atoms with Gasteiger partial charge in [-0.1, -0.05) is 0 Å². The number of methoxy groups -OCH3 is 3. The van der Waals surface area contributed by atoms with E-state index in [1.165, 1.54) is 14.2 Å². The molecule has 2 atom stereocenters. The minimum atomic E-state index is -0.344. The van der Waals surface area contributed by atoms with E-state index in [0.29, 0.717) is 0 Å². The van der Waals surface area contributed by atoms with Crippen molar-refractivity contribution in [2.45, 2.75) is 37.8 Å². The summed E-state index contributed by atoms with van der Waals surface area (Å²) in [6.45, 7) is 0.208. The molecule has 19 heavy (non-hydrogen) atoms. The van der Waals surface area contributed by atoms with Crippen LogP contribution in [0.25, 0.3) is 0 Å². The fourth-order valence-corrected chi connectivity index (χ4v) is 2.44. The Morgan fingerprint density at radius 2 is 1.63 bits per heavy atom. The second-order valence-corrected chi connectivity index (χ2v) is 4.74. The van der Waals surface area contributed by atoms with Gasteiger partial charge in [0, 0.05) is 13.2 Å². The lowest BCUT2D eigenvalue weighted by molar-refractivity contribution is -0.147. The fourth-order valence-electron chi connectivity index (χ4n) is 2.44. The molecule has 0 N–H and O–H groups in total. The maximum atomic E-state index is 11.4. The van der Waals surface area contributed by atoms with Crippen LogP contribution in [-0.2, 0) is 23.8 Å². The first-order chi connectivity index (χ1) is 9.10. The average Bonchev–Trinajstić information content (AvgIpc) is 2.46. The summed E-state index contributed by atoms with van der Waals surface area (Å²) in [7, 11) is 4.38. The Morgan fingerprint density at radius 3 is 2.11 bits per heavy atom. The van der Waals surface area contributed by atoms with Crippen LogP contribution in [0.2, 0.25) is 0 Å². The highest BCUT2D eigenvalue weighted by molar-refractivity contribution is 5.74. The smallest absolute Gasteiger partial charge is 0.319 e. The third-order valence-corrected chi connectivity index (χ3v) is 3.57. The lowest BCUT2D eigenvalue weighted by Gasteiger charge is -2.35. The van der Waals surface area contributed by atoms with Gasteiger partial charge in [0.15, 0.2) is 0 Å². The zero-order valence-electron chi connectivity index (χ0n) is 11.9. The van der Waals surface area contributed by atoms with E-state index in [0.717, 1.165) is 25.7 Å². The van der Waals surface area contributed by atoms with Crippen molar-refractivity contribution in [2.75, 3.05) is 34.4 Å². The van der Waals surface area contributed by atoms with Crippen LogP contribution < -0.4 is 0 Å². The molecule has 0 aromatic carbocycles. The monoisotopic (exact) mass is 273 g/mol. The zero-order chi connectivity index (χ0) is 14.3. The van der Waals surface area contributed by atoms with Crippen molar-refractivity contribution in [3.63, 3.8) is 0 Å². The molecule has 0 aromatic rings.